The van der Waals surface area contributed by atoms with Crippen LogP contribution in [0.25, 0.3) is 0 Å². The van der Waals surface area contributed by atoms with Gasteiger partial charge in [0, 0.05) is 5.92 Å². The second-order valence-corrected chi connectivity index (χ2v) is 5.66. The van der Waals surface area contributed by atoms with Crippen LogP contribution in [0.1, 0.15) is 38.0 Å². The summed E-state index contributed by atoms with van der Waals surface area (Å²) >= 11 is 0. The lowest BCUT2D eigenvalue weighted by atomic mass is 9.82. The fraction of sp³-hybridized carbons (Fsp3) is 0.600. The molecular formula is C15H18F4O2. The summed E-state index contributed by atoms with van der Waals surface area (Å²) in [5, 5.41) is 10.4. The molecule has 1 aliphatic heterocycles. The van der Waals surface area contributed by atoms with Crippen LogP contribution in [0, 0.1) is 17.7 Å². The number of hydrogen-bond acceptors (Lipinski definition) is 2. The third-order valence-electron chi connectivity index (χ3n) is 4.32. The molecule has 0 amide bonds. The summed E-state index contributed by atoms with van der Waals surface area (Å²) in [6, 6.07) is 2.62. The van der Waals surface area contributed by atoms with Crippen molar-refractivity contribution in [3.8, 4) is 0 Å². The van der Waals surface area contributed by atoms with Gasteiger partial charge in [0.2, 0.25) is 0 Å². The van der Waals surface area contributed by atoms with Gasteiger partial charge in [-0.1, -0.05) is 13.0 Å². The summed E-state index contributed by atoms with van der Waals surface area (Å²) in [6.45, 7) is 5.53. The van der Waals surface area contributed by atoms with Gasteiger partial charge in [-0.15, -0.1) is 0 Å². The van der Waals surface area contributed by atoms with Crippen molar-refractivity contribution in [2.45, 2.75) is 45.3 Å². The Bertz CT molecular complexity index is 515. The van der Waals surface area contributed by atoms with Crippen LogP contribution >= 0.6 is 0 Å². The molecule has 0 spiro atoms. The lowest BCUT2D eigenvalue weighted by molar-refractivity contribution is -0.140. The van der Waals surface area contributed by atoms with Gasteiger partial charge in [0.15, 0.2) is 0 Å². The number of benzene rings is 1. The molecule has 0 radical (unpaired) electrons. The zero-order valence-electron chi connectivity index (χ0n) is 12.0. The van der Waals surface area contributed by atoms with E-state index in [-0.39, 0.29) is 29.6 Å². The van der Waals surface area contributed by atoms with Gasteiger partial charge in [0.25, 0.3) is 0 Å². The van der Waals surface area contributed by atoms with Crippen LogP contribution in [-0.4, -0.2) is 17.3 Å². The van der Waals surface area contributed by atoms with Crippen LogP contribution in [0.4, 0.5) is 17.6 Å². The molecule has 1 aromatic carbocycles. The molecule has 1 N–H and O–H groups in total. The first-order chi connectivity index (χ1) is 9.62. The van der Waals surface area contributed by atoms with Crippen molar-refractivity contribution < 1.29 is 27.4 Å². The third kappa shape index (κ3) is 3.06. The molecule has 5 unspecified atom stereocenters. The molecule has 1 heterocycles. The number of hydrogen-bond donors (Lipinski definition) is 1. The maximum atomic E-state index is 13.3. The predicted octanol–water partition coefficient (Wildman–Crippen LogP) is 3.94. The van der Waals surface area contributed by atoms with E-state index in [9.17, 15) is 22.7 Å². The fourth-order valence-electron chi connectivity index (χ4n) is 3.00. The third-order valence-corrected chi connectivity index (χ3v) is 4.32. The first kappa shape index (κ1) is 16.2. The zero-order chi connectivity index (χ0) is 15.9. The molecule has 1 saturated heterocycles. The van der Waals surface area contributed by atoms with Gasteiger partial charge in [-0.3, -0.25) is 0 Å². The summed E-state index contributed by atoms with van der Waals surface area (Å²) in [5.74, 6) is -1.67. The van der Waals surface area contributed by atoms with Crippen molar-refractivity contribution >= 4 is 0 Å². The monoisotopic (exact) mass is 306 g/mol. The van der Waals surface area contributed by atoms with Crippen LogP contribution in [0.2, 0.25) is 0 Å². The van der Waals surface area contributed by atoms with E-state index >= 15 is 0 Å². The molecule has 0 bridgehead atoms. The summed E-state index contributed by atoms with van der Waals surface area (Å²) < 4.78 is 57.1. The zero-order valence-corrected chi connectivity index (χ0v) is 12.0. The van der Waals surface area contributed by atoms with Crippen molar-refractivity contribution in [2.24, 2.45) is 11.8 Å². The Morgan fingerprint density at radius 2 is 1.76 bits per heavy atom. The Morgan fingerprint density at radius 3 is 2.24 bits per heavy atom. The normalized spacial score (nSPS) is 31.4. The molecule has 21 heavy (non-hydrogen) atoms. The maximum Gasteiger partial charge on any atom is 0.419 e. The van der Waals surface area contributed by atoms with Crippen LogP contribution in [-0.2, 0) is 10.9 Å². The number of aliphatic hydroxyl groups is 1. The van der Waals surface area contributed by atoms with E-state index in [1.807, 2.05) is 13.8 Å². The Kier molecular flexibility index (Phi) is 4.31. The number of aliphatic hydroxyl groups excluding tert-OH is 1. The average Bonchev–Trinajstić information content (AvgIpc) is 2.61. The van der Waals surface area contributed by atoms with E-state index in [4.69, 9.17) is 4.74 Å². The molecule has 6 heteroatoms. The Balaban J connectivity index is 2.34. The quantitative estimate of drug-likeness (QED) is 0.839. The predicted molar refractivity (Wildman–Crippen MR) is 69.0 cm³/mol. The SMILES string of the molecule is CC1OC(C)C(C(O)c2ccc(F)c(C(F)(F)F)c2)C1C. The molecule has 5 atom stereocenters. The van der Waals surface area contributed by atoms with Gasteiger partial charge in [0.05, 0.1) is 23.9 Å². The average molecular weight is 306 g/mol. The van der Waals surface area contributed by atoms with E-state index < -0.39 is 23.7 Å². The van der Waals surface area contributed by atoms with Gasteiger partial charge in [0.1, 0.15) is 5.82 Å². The van der Waals surface area contributed by atoms with E-state index in [0.717, 1.165) is 6.07 Å². The van der Waals surface area contributed by atoms with Gasteiger partial charge >= 0.3 is 6.18 Å². The molecule has 1 fully saturated rings. The minimum absolute atomic E-state index is 0.00519. The summed E-state index contributed by atoms with van der Waals surface area (Å²) in [5.41, 5.74) is -1.29. The summed E-state index contributed by atoms with van der Waals surface area (Å²) in [4.78, 5) is 0. The number of halogens is 4. The molecule has 0 aliphatic carbocycles. The highest BCUT2D eigenvalue weighted by Gasteiger charge is 2.42. The number of ether oxygens (including phenoxy) is 1. The fourth-order valence-corrected chi connectivity index (χ4v) is 3.00. The van der Waals surface area contributed by atoms with Crippen molar-refractivity contribution in [3.63, 3.8) is 0 Å². The van der Waals surface area contributed by atoms with E-state index in [2.05, 4.69) is 0 Å². The van der Waals surface area contributed by atoms with Crippen LogP contribution in [0.15, 0.2) is 18.2 Å². The van der Waals surface area contributed by atoms with Crippen molar-refractivity contribution in [1.29, 1.82) is 0 Å². The second-order valence-electron chi connectivity index (χ2n) is 5.66. The van der Waals surface area contributed by atoms with Crippen LogP contribution in [0.3, 0.4) is 0 Å². The van der Waals surface area contributed by atoms with Crippen LogP contribution < -0.4 is 0 Å². The second kappa shape index (κ2) is 5.57. The van der Waals surface area contributed by atoms with Gasteiger partial charge in [-0.05, 0) is 37.5 Å². The van der Waals surface area contributed by atoms with Crippen LogP contribution in [0.5, 0.6) is 0 Å². The lowest BCUT2D eigenvalue weighted by Gasteiger charge is -2.25. The van der Waals surface area contributed by atoms with Gasteiger partial charge in [-0.2, -0.15) is 13.2 Å². The largest absolute Gasteiger partial charge is 0.419 e. The highest BCUT2D eigenvalue weighted by atomic mass is 19.4. The minimum Gasteiger partial charge on any atom is -0.388 e. The van der Waals surface area contributed by atoms with Gasteiger partial charge in [-0.25, -0.2) is 4.39 Å². The minimum atomic E-state index is -4.78. The topological polar surface area (TPSA) is 29.5 Å². The molecule has 1 aliphatic rings. The van der Waals surface area contributed by atoms with Crippen molar-refractivity contribution in [3.05, 3.63) is 35.1 Å². The maximum absolute atomic E-state index is 13.3. The summed E-state index contributed by atoms with van der Waals surface area (Å²) in [7, 11) is 0. The molecule has 2 rings (SSSR count). The van der Waals surface area contributed by atoms with E-state index in [1.165, 1.54) is 6.07 Å². The highest BCUT2D eigenvalue weighted by Crippen LogP contribution is 2.41. The lowest BCUT2D eigenvalue weighted by Crippen LogP contribution is -2.25. The van der Waals surface area contributed by atoms with Crippen molar-refractivity contribution in [1.82, 2.24) is 0 Å². The summed E-state index contributed by atoms with van der Waals surface area (Å²) in [6.07, 6.45) is -6.26. The molecule has 0 saturated carbocycles. The smallest absolute Gasteiger partial charge is 0.388 e. The first-order valence-electron chi connectivity index (χ1n) is 6.83. The molecule has 2 nitrogen and oxygen atoms in total. The Hall–Kier alpha value is -1.14. The van der Waals surface area contributed by atoms with Crippen molar-refractivity contribution in [2.75, 3.05) is 0 Å². The standard InChI is InChI=1S/C15H18F4O2/c1-7-8(2)21-9(3)13(7)14(20)10-4-5-12(16)11(6-10)15(17,18)19/h4-9,13-14,20H,1-3H3. The number of alkyl halides is 3. The molecular weight excluding hydrogens is 288 g/mol. The molecule has 1 aromatic rings. The highest BCUT2D eigenvalue weighted by molar-refractivity contribution is 5.29. The van der Waals surface area contributed by atoms with E-state index in [1.54, 1.807) is 6.92 Å². The first-order valence-corrected chi connectivity index (χ1v) is 6.83. The molecule has 118 valence electrons. The Morgan fingerprint density at radius 1 is 1.14 bits per heavy atom. The van der Waals surface area contributed by atoms with Gasteiger partial charge < -0.3 is 9.84 Å². The number of rotatable bonds is 2. The molecule has 0 aromatic heterocycles. The van der Waals surface area contributed by atoms with E-state index in [0.29, 0.717) is 6.07 Å². The Labute approximate surface area is 120 Å².